The molecule has 2 aromatic heterocycles. The van der Waals surface area contributed by atoms with Crippen molar-refractivity contribution in [1.29, 1.82) is 0 Å². The molecule has 0 unspecified atom stereocenters. The number of rotatable bonds is 3. The summed E-state index contributed by atoms with van der Waals surface area (Å²) >= 11 is 0. The highest BCUT2D eigenvalue weighted by Gasteiger charge is 2.13. The molecule has 0 aliphatic rings. The van der Waals surface area contributed by atoms with E-state index in [9.17, 15) is 0 Å². The van der Waals surface area contributed by atoms with E-state index >= 15 is 0 Å². The number of aromatic nitrogens is 3. The van der Waals surface area contributed by atoms with E-state index in [2.05, 4.69) is 63.8 Å². The number of aryl methyl sites for hydroxylation is 1. The first-order chi connectivity index (χ1) is 13.8. The fraction of sp³-hybridized carbons (Fsp3) is 0.0417. The number of nitrogens with zero attached hydrogens (tertiary/aromatic N) is 3. The van der Waals surface area contributed by atoms with Gasteiger partial charge in [0, 0.05) is 39.8 Å². The van der Waals surface area contributed by atoms with Crippen LogP contribution in [0.2, 0.25) is 0 Å². The summed E-state index contributed by atoms with van der Waals surface area (Å²) in [5.74, 6) is 0.756. The van der Waals surface area contributed by atoms with Gasteiger partial charge in [0.15, 0.2) is 5.82 Å². The predicted molar refractivity (Wildman–Crippen MR) is 115 cm³/mol. The number of nitrogens with one attached hydrogen (secondary N) is 1. The van der Waals surface area contributed by atoms with Gasteiger partial charge in [0.25, 0.3) is 0 Å². The number of anilines is 2. The summed E-state index contributed by atoms with van der Waals surface area (Å²) in [6.07, 6.45) is 3.69. The third-order valence-electron chi connectivity index (χ3n) is 4.90. The maximum Gasteiger partial charge on any atom is 0.161 e. The number of benzene rings is 3. The summed E-state index contributed by atoms with van der Waals surface area (Å²) in [4.78, 5) is 4.23. The highest BCUT2D eigenvalue weighted by molar-refractivity contribution is 6.06. The highest BCUT2D eigenvalue weighted by atomic mass is 15.2. The zero-order valence-corrected chi connectivity index (χ0v) is 15.4. The summed E-state index contributed by atoms with van der Waals surface area (Å²) in [6.45, 7) is 2.08. The van der Waals surface area contributed by atoms with Crippen molar-refractivity contribution in [2.75, 3.05) is 5.32 Å². The second-order valence-electron chi connectivity index (χ2n) is 6.84. The molecule has 134 valence electrons. The molecule has 0 radical (unpaired) electrons. The van der Waals surface area contributed by atoms with Gasteiger partial charge in [-0.2, -0.15) is 0 Å². The lowest BCUT2D eigenvalue weighted by atomic mass is 10.00. The van der Waals surface area contributed by atoms with Gasteiger partial charge in [-0.1, -0.05) is 54.6 Å². The van der Waals surface area contributed by atoms with Crippen molar-refractivity contribution in [2.45, 2.75) is 6.92 Å². The Morgan fingerprint density at radius 3 is 2.50 bits per heavy atom. The summed E-state index contributed by atoms with van der Waals surface area (Å²) in [6, 6.07) is 24.7. The maximum atomic E-state index is 4.61. The van der Waals surface area contributed by atoms with Crippen molar-refractivity contribution in [1.82, 2.24) is 15.2 Å². The lowest BCUT2D eigenvalue weighted by Crippen LogP contribution is -1.99. The van der Waals surface area contributed by atoms with Gasteiger partial charge in [0.05, 0.1) is 0 Å². The monoisotopic (exact) mass is 362 g/mol. The zero-order chi connectivity index (χ0) is 18.9. The Hall–Kier alpha value is -3.79. The Labute approximate surface area is 162 Å². The van der Waals surface area contributed by atoms with Crippen LogP contribution in [0.3, 0.4) is 0 Å². The molecule has 0 atom stereocenters. The first kappa shape index (κ1) is 16.4. The number of hydrogen-bond acceptors (Lipinski definition) is 4. The Morgan fingerprint density at radius 1 is 0.750 bits per heavy atom. The summed E-state index contributed by atoms with van der Waals surface area (Å²) in [7, 11) is 0. The third kappa shape index (κ3) is 2.85. The lowest BCUT2D eigenvalue weighted by molar-refractivity contribution is 1.06. The summed E-state index contributed by atoms with van der Waals surface area (Å²) < 4.78 is 0. The molecule has 0 fully saturated rings. The van der Waals surface area contributed by atoms with Crippen LogP contribution in [-0.4, -0.2) is 15.2 Å². The molecule has 5 aromatic rings. The van der Waals surface area contributed by atoms with E-state index in [1.165, 1.54) is 5.56 Å². The van der Waals surface area contributed by atoms with Gasteiger partial charge in [-0.3, -0.25) is 4.98 Å². The van der Waals surface area contributed by atoms with Crippen LogP contribution >= 0.6 is 0 Å². The van der Waals surface area contributed by atoms with Crippen molar-refractivity contribution < 1.29 is 0 Å². The zero-order valence-electron chi connectivity index (χ0n) is 15.4. The minimum Gasteiger partial charge on any atom is -0.338 e. The minimum absolute atomic E-state index is 0.756. The lowest BCUT2D eigenvalue weighted by Gasteiger charge is -2.12. The topological polar surface area (TPSA) is 50.7 Å². The van der Waals surface area contributed by atoms with E-state index in [0.29, 0.717) is 0 Å². The average molecular weight is 362 g/mol. The number of pyridine rings is 1. The maximum absolute atomic E-state index is 4.61. The van der Waals surface area contributed by atoms with Gasteiger partial charge in [0.1, 0.15) is 5.69 Å². The van der Waals surface area contributed by atoms with Crippen LogP contribution in [-0.2, 0) is 0 Å². The molecule has 0 saturated carbocycles. The quantitative estimate of drug-likeness (QED) is 0.434. The number of fused-ring (bicyclic) bond motifs is 2. The second kappa shape index (κ2) is 6.74. The Morgan fingerprint density at radius 2 is 1.61 bits per heavy atom. The Bertz CT molecular complexity index is 1310. The minimum atomic E-state index is 0.756. The van der Waals surface area contributed by atoms with Crippen LogP contribution in [0.25, 0.3) is 32.8 Å². The molecule has 0 aliphatic carbocycles. The van der Waals surface area contributed by atoms with Crippen molar-refractivity contribution in [3.8, 4) is 11.3 Å². The first-order valence-corrected chi connectivity index (χ1v) is 9.22. The van der Waals surface area contributed by atoms with Crippen molar-refractivity contribution in [3.05, 3.63) is 90.8 Å². The highest BCUT2D eigenvalue weighted by Crippen LogP contribution is 2.34. The first-order valence-electron chi connectivity index (χ1n) is 9.22. The predicted octanol–water partition coefficient (Wildman–Crippen LogP) is 5.90. The number of hydrogen-bond donors (Lipinski definition) is 1. The Kier molecular flexibility index (Phi) is 3.95. The van der Waals surface area contributed by atoms with Crippen LogP contribution in [0.15, 0.2) is 85.2 Å². The molecule has 4 nitrogen and oxygen atoms in total. The Balaban J connectivity index is 1.70. The second-order valence-corrected chi connectivity index (χ2v) is 6.84. The SMILES string of the molecule is Cc1cccc(Nc2nnc(-c3cccc4cnccc34)c3ccccc23)c1. The molecule has 0 amide bonds. The molecule has 2 heterocycles. The fourth-order valence-corrected chi connectivity index (χ4v) is 3.58. The van der Waals surface area contributed by atoms with E-state index in [4.69, 9.17) is 0 Å². The van der Waals surface area contributed by atoms with Gasteiger partial charge >= 0.3 is 0 Å². The van der Waals surface area contributed by atoms with Crippen LogP contribution in [0.5, 0.6) is 0 Å². The molecular weight excluding hydrogens is 344 g/mol. The molecule has 0 bridgehead atoms. The smallest absolute Gasteiger partial charge is 0.161 e. The van der Waals surface area contributed by atoms with Crippen molar-refractivity contribution in [3.63, 3.8) is 0 Å². The summed E-state index contributed by atoms with van der Waals surface area (Å²) in [5.41, 5.74) is 4.14. The van der Waals surface area contributed by atoms with Gasteiger partial charge in [-0.25, -0.2) is 0 Å². The molecule has 0 aliphatic heterocycles. The fourth-order valence-electron chi connectivity index (χ4n) is 3.58. The standard InChI is InChI=1S/C24H18N4/c1-16-6-4-8-18(14-16)26-24-22-10-3-2-9-21(22)23(27-28-24)20-11-5-7-17-15-25-13-12-19(17)20/h2-15H,1H3,(H,26,28). The molecule has 0 saturated heterocycles. The average Bonchev–Trinajstić information content (AvgIpc) is 2.74. The third-order valence-corrected chi connectivity index (χ3v) is 4.90. The van der Waals surface area contributed by atoms with Crippen molar-refractivity contribution in [2.24, 2.45) is 0 Å². The molecule has 0 spiro atoms. The molecule has 5 rings (SSSR count). The van der Waals surface area contributed by atoms with Crippen LogP contribution in [0.4, 0.5) is 11.5 Å². The van der Waals surface area contributed by atoms with E-state index < -0.39 is 0 Å². The molecule has 28 heavy (non-hydrogen) atoms. The van der Waals surface area contributed by atoms with Crippen LogP contribution in [0.1, 0.15) is 5.56 Å². The summed E-state index contributed by atoms with van der Waals surface area (Å²) in [5, 5.41) is 16.9. The van der Waals surface area contributed by atoms with Crippen molar-refractivity contribution >= 4 is 33.1 Å². The van der Waals surface area contributed by atoms with E-state index in [1.54, 1.807) is 0 Å². The van der Waals surface area contributed by atoms with Gasteiger partial charge in [0.2, 0.25) is 0 Å². The molecule has 3 aromatic carbocycles. The van der Waals surface area contributed by atoms with Gasteiger partial charge in [-0.05, 0) is 36.1 Å². The van der Waals surface area contributed by atoms with Crippen LogP contribution < -0.4 is 5.32 Å². The molecule has 1 N–H and O–H groups in total. The van der Waals surface area contributed by atoms with Crippen LogP contribution in [0, 0.1) is 6.92 Å². The van der Waals surface area contributed by atoms with E-state index in [1.807, 2.05) is 48.8 Å². The molecule has 4 heteroatoms. The normalized spacial score (nSPS) is 11.0. The van der Waals surface area contributed by atoms with E-state index in [0.717, 1.165) is 44.3 Å². The van der Waals surface area contributed by atoms with E-state index in [-0.39, 0.29) is 0 Å². The molecular formula is C24H18N4. The van der Waals surface area contributed by atoms with Gasteiger partial charge < -0.3 is 5.32 Å². The largest absolute Gasteiger partial charge is 0.338 e. The van der Waals surface area contributed by atoms with Gasteiger partial charge in [-0.15, -0.1) is 10.2 Å².